The molecule has 0 saturated carbocycles. The summed E-state index contributed by atoms with van der Waals surface area (Å²) in [6.45, 7) is 5.51. The molecule has 4 heterocycles. The van der Waals surface area contributed by atoms with Gasteiger partial charge in [0.05, 0.1) is 18.2 Å². The molecule has 204 valence electrons. The number of nitrogens with two attached hydrogens (primary N) is 1. The number of nitrogens with zero attached hydrogens (tertiary/aromatic N) is 5. The summed E-state index contributed by atoms with van der Waals surface area (Å²) in [4.78, 5) is 25.0. The first-order valence-corrected chi connectivity index (χ1v) is 13.9. The van der Waals surface area contributed by atoms with Gasteiger partial charge in [-0.05, 0) is 50.8 Å². The van der Waals surface area contributed by atoms with Gasteiger partial charge >= 0.3 is 0 Å². The lowest BCUT2D eigenvalue weighted by Crippen LogP contribution is -2.35. The molecule has 0 spiro atoms. The second-order valence-electron chi connectivity index (χ2n) is 10.0. The number of hydrogen-bond acceptors (Lipinski definition) is 10. The SMILES string of the molecule is COCCNc1cc(C(=O)N2CCCC2c2nc(C)cs2)cc(-c2nnc(C(C)(N)Cc3ccccc3)o2)n1. The Morgan fingerprint density at radius 1 is 1.26 bits per heavy atom. The zero-order chi connectivity index (χ0) is 27.4. The summed E-state index contributed by atoms with van der Waals surface area (Å²) in [5.41, 5.74) is 8.63. The van der Waals surface area contributed by atoms with Gasteiger partial charge < -0.3 is 25.1 Å². The number of rotatable bonds is 10. The highest BCUT2D eigenvalue weighted by Crippen LogP contribution is 2.35. The van der Waals surface area contributed by atoms with Crippen LogP contribution in [-0.4, -0.2) is 57.8 Å². The van der Waals surface area contributed by atoms with Crippen molar-refractivity contribution in [3.63, 3.8) is 0 Å². The molecule has 0 radical (unpaired) electrons. The van der Waals surface area contributed by atoms with Crippen molar-refractivity contribution < 1.29 is 13.9 Å². The fraction of sp³-hybridized carbons (Fsp3) is 0.393. The predicted molar refractivity (Wildman–Crippen MR) is 149 cm³/mol. The average Bonchev–Trinajstić information content (AvgIpc) is 3.69. The number of hydrogen-bond donors (Lipinski definition) is 2. The molecule has 3 N–H and O–H groups in total. The summed E-state index contributed by atoms with van der Waals surface area (Å²) in [7, 11) is 1.63. The summed E-state index contributed by atoms with van der Waals surface area (Å²) >= 11 is 1.60. The highest BCUT2D eigenvalue weighted by atomic mass is 32.1. The first-order valence-electron chi connectivity index (χ1n) is 13.0. The van der Waals surface area contributed by atoms with E-state index in [0.29, 0.717) is 49.1 Å². The van der Waals surface area contributed by atoms with Crippen LogP contribution in [0.25, 0.3) is 11.6 Å². The van der Waals surface area contributed by atoms with E-state index in [1.54, 1.807) is 30.6 Å². The number of likely N-dealkylation sites (tertiary alicyclic amines) is 1. The highest BCUT2D eigenvalue weighted by Gasteiger charge is 2.34. The molecule has 3 aromatic heterocycles. The molecule has 1 aliphatic heterocycles. The summed E-state index contributed by atoms with van der Waals surface area (Å²) < 4.78 is 11.2. The van der Waals surface area contributed by atoms with E-state index in [1.165, 1.54) is 0 Å². The first-order chi connectivity index (χ1) is 18.8. The lowest BCUT2D eigenvalue weighted by atomic mass is 9.94. The standard InChI is InChI=1S/C28H33N7O3S/c1-18-17-39-25(31-18)22-10-7-12-35(22)26(36)20-14-21(32-23(15-20)30-11-13-37-3)24-33-34-27(38-24)28(2,29)16-19-8-5-4-6-9-19/h4-6,8-9,14-15,17,22H,7,10-13,16,29H2,1-3H3,(H,30,32). The molecule has 5 rings (SSSR count). The Kier molecular flexibility index (Phi) is 8.01. The van der Waals surface area contributed by atoms with Crippen LogP contribution in [0, 0.1) is 6.92 Å². The minimum atomic E-state index is -0.881. The molecule has 1 fully saturated rings. The van der Waals surface area contributed by atoms with E-state index >= 15 is 0 Å². The second-order valence-corrected chi connectivity index (χ2v) is 10.9. The van der Waals surface area contributed by atoms with E-state index in [9.17, 15) is 4.79 Å². The number of nitrogens with one attached hydrogen (secondary N) is 1. The van der Waals surface area contributed by atoms with Crippen LogP contribution in [0.3, 0.4) is 0 Å². The quantitative estimate of drug-likeness (QED) is 0.278. The van der Waals surface area contributed by atoms with E-state index in [2.05, 4.69) is 25.5 Å². The molecule has 1 saturated heterocycles. The number of pyridine rings is 1. The van der Waals surface area contributed by atoms with Gasteiger partial charge in [0.1, 0.15) is 16.5 Å². The Labute approximate surface area is 231 Å². The Hall–Kier alpha value is -3.67. The number of anilines is 1. The van der Waals surface area contributed by atoms with E-state index < -0.39 is 5.54 Å². The van der Waals surface area contributed by atoms with Crippen molar-refractivity contribution in [1.82, 2.24) is 25.1 Å². The molecular weight excluding hydrogens is 514 g/mol. The van der Waals surface area contributed by atoms with Crippen LogP contribution in [0.5, 0.6) is 0 Å². The number of aryl methyl sites for hydroxylation is 1. The molecule has 39 heavy (non-hydrogen) atoms. The Balaban J connectivity index is 1.44. The van der Waals surface area contributed by atoms with Gasteiger partial charge in [0.25, 0.3) is 11.8 Å². The van der Waals surface area contributed by atoms with Crippen molar-refractivity contribution in [3.8, 4) is 11.6 Å². The Bertz CT molecular complexity index is 1420. The predicted octanol–water partition coefficient (Wildman–Crippen LogP) is 4.35. The maximum absolute atomic E-state index is 13.8. The minimum Gasteiger partial charge on any atom is -0.417 e. The third-order valence-corrected chi connectivity index (χ3v) is 7.73. The third-order valence-electron chi connectivity index (χ3n) is 6.67. The Morgan fingerprint density at radius 3 is 2.82 bits per heavy atom. The number of aromatic nitrogens is 4. The number of ether oxygens (including phenoxy) is 1. The molecule has 1 aromatic carbocycles. The molecule has 0 bridgehead atoms. The summed E-state index contributed by atoms with van der Waals surface area (Å²) in [5, 5.41) is 14.7. The van der Waals surface area contributed by atoms with Crippen LogP contribution < -0.4 is 11.1 Å². The fourth-order valence-electron chi connectivity index (χ4n) is 4.75. The molecule has 2 atom stereocenters. The van der Waals surface area contributed by atoms with Crippen molar-refractivity contribution in [3.05, 3.63) is 75.6 Å². The maximum atomic E-state index is 13.8. The van der Waals surface area contributed by atoms with Crippen molar-refractivity contribution in [1.29, 1.82) is 0 Å². The van der Waals surface area contributed by atoms with Gasteiger partial charge in [-0.25, -0.2) is 9.97 Å². The summed E-state index contributed by atoms with van der Waals surface area (Å²) in [6.07, 6.45) is 2.34. The molecule has 2 unspecified atom stereocenters. The number of thiazole rings is 1. The zero-order valence-electron chi connectivity index (χ0n) is 22.4. The van der Waals surface area contributed by atoms with Crippen molar-refractivity contribution in [2.75, 3.05) is 32.1 Å². The van der Waals surface area contributed by atoms with Crippen LogP contribution in [0.4, 0.5) is 5.82 Å². The monoisotopic (exact) mass is 547 g/mol. The summed E-state index contributed by atoms with van der Waals surface area (Å²) in [6, 6.07) is 13.3. The summed E-state index contributed by atoms with van der Waals surface area (Å²) in [5.74, 6) is 0.935. The maximum Gasteiger partial charge on any atom is 0.266 e. The topological polar surface area (TPSA) is 132 Å². The molecule has 4 aromatic rings. The van der Waals surface area contributed by atoms with Gasteiger partial charge in [-0.2, -0.15) is 0 Å². The molecule has 1 aliphatic rings. The third kappa shape index (κ3) is 6.16. The molecule has 11 heteroatoms. The normalized spacial score (nSPS) is 16.8. The zero-order valence-corrected chi connectivity index (χ0v) is 23.2. The number of amides is 1. The molecule has 1 amide bonds. The Morgan fingerprint density at radius 2 is 2.08 bits per heavy atom. The molecule has 10 nitrogen and oxygen atoms in total. The smallest absolute Gasteiger partial charge is 0.266 e. The van der Waals surface area contributed by atoms with Crippen LogP contribution in [0.15, 0.2) is 52.3 Å². The molecular formula is C28H33N7O3S. The lowest BCUT2D eigenvalue weighted by Gasteiger charge is -2.23. The van der Waals surface area contributed by atoms with Crippen molar-refractivity contribution in [2.24, 2.45) is 5.73 Å². The van der Waals surface area contributed by atoms with Gasteiger partial charge in [0.2, 0.25) is 5.89 Å². The van der Waals surface area contributed by atoms with Crippen LogP contribution in [-0.2, 0) is 16.7 Å². The van der Waals surface area contributed by atoms with E-state index in [4.69, 9.17) is 14.9 Å². The van der Waals surface area contributed by atoms with Gasteiger partial charge in [0.15, 0.2) is 0 Å². The van der Waals surface area contributed by atoms with Gasteiger partial charge in [-0.1, -0.05) is 30.3 Å². The van der Waals surface area contributed by atoms with E-state index in [0.717, 1.165) is 29.1 Å². The van der Waals surface area contributed by atoms with Crippen molar-refractivity contribution >= 4 is 23.1 Å². The first kappa shape index (κ1) is 26.9. The minimum absolute atomic E-state index is 0.0383. The number of methoxy groups -OCH3 is 1. The van der Waals surface area contributed by atoms with Crippen LogP contribution in [0.1, 0.15) is 58.3 Å². The van der Waals surface area contributed by atoms with Crippen LogP contribution in [0.2, 0.25) is 0 Å². The molecule has 0 aliphatic carbocycles. The lowest BCUT2D eigenvalue weighted by molar-refractivity contribution is 0.0735. The number of carbonyl (C=O) groups is 1. The average molecular weight is 548 g/mol. The van der Waals surface area contributed by atoms with Gasteiger partial charge in [0, 0.05) is 36.8 Å². The van der Waals surface area contributed by atoms with E-state index in [1.807, 2.05) is 54.5 Å². The largest absolute Gasteiger partial charge is 0.417 e. The van der Waals surface area contributed by atoms with E-state index in [-0.39, 0.29) is 17.8 Å². The second kappa shape index (κ2) is 11.6. The van der Waals surface area contributed by atoms with Gasteiger partial charge in [-0.3, -0.25) is 4.79 Å². The number of benzene rings is 1. The number of carbonyl (C=O) groups excluding carboxylic acids is 1. The highest BCUT2D eigenvalue weighted by molar-refractivity contribution is 7.09. The van der Waals surface area contributed by atoms with Gasteiger partial charge in [-0.15, -0.1) is 21.5 Å². The van der Waals surface area contributed by atoms with Crippen molar-refractivity contribution in [2.45, 2.75) is 44.7 Å². The van der Waals surface area contributed by atoms with Crippen LogP contribution >= 0.6 is 11.3 Å². The fourth-order valence-corrected chi connectivity index (χ4v) is 5.69.